The molecule has 1 heterocycles. The van der Waals surface area contributed by atoms with E-state index in [9.17, 15) is 26.3 Å². The maximum atomic E-state index is 13.5. The lowest BCUT2D eigenvalue weighted by atomic mass is 9.82. The Balaban J connectivity index is 1.69. The van der Waals surface area contributed by atoms with Crippen molar-refractivity contribution < 1.29 is 26.3 Å². The Labute approximate surface area is 213 Å². The van der Waals surface area contributed by atoms with Crippen LogP contribution in [0.4, 0.5) is 32.0 Å². The number of anilines is 1. The highest BCUT2D eigenvalue weighted by Gasteiger charge is 2.40. The van der Waals surface area contributed by atoms with Gasteiger partial charge in [-0.05, 0) is 67.6 Å². The van der Waals surface area contributed by atoms with Crippen molar-refractivity contribution in [3.05, 3.63) is 100 Å². The molecule has 0 N–H and O–H groups in total. The van der Waals surface area contributed by atoms with E-state index in [2.05, 4.69) is 35.8 Å². The van der Waals surface area contributed by atoms with E-state index < -0.39 is 29.0 Å². The maximum Gasteiger partial charge on any atom is 0.416 e. The second kappa shape index (κ2) is 10.0. The molecule has 198 valence electrons. The Morgan fingerprint density at radius 1 is 0.649 bits per heavy atom. The summed E-state index contributed by atoms with van der Waals surface area (Å²) in [5.74, 6) is 0. The number of rotatable bonds is 5. The SMILES string of the molecule is Cc1cccc(C)c1N1CCN(C(C)(Cc2cc(C(F)(F)F)cc(C(F)(F)F)c2)c2ccccc2)CC1. The number of para-hydroxylation sites is 1. The number of nitrogens with zero attached hydrogens (tertiary/aromatic N) is 2. The van der Waals surface area contributed by atoms with E-state index in [1.165, 1.54) is 16.8 Å². The van der Waals surface area contributed by atoms with Gasteiger partial charge in [0.25, 0.3) is 0 Å². The molecular formula is C29H30F6N2. The number of benzene rings is 3. The normalized spacial score (nSPS) is 17.1. The number of halogens is 6. The maximum absolute atomic E-state index is 13.5. The predicted octanol–water partition coefficient (Wildman–Crippen LogP) is 7.62. The Morgan fingerprint density at radius 2 is 1.16 bits per heavy atom. The molecule has 2 nitrogen and oxygen atoms in total. The number of aryl methyl sites for hydroxylation is 2. The van der Waals surface area contributed by atoms with Crippen LogP contribution >= 0.6 is 0 Å². The summed E-state index contributed by atoms with van der Waals surface area (Å²) in [6.45, 7) is 8.66. The molecule has 3 aromatic rings. The fraction of sp³-hybridized carbons (Fsp3) is 0.379. The van der Waals surface area contributed by atoms with Crippen LogP contribution in [0.25, 0.3) is 0 Å². The van der Waals surface area contributed by atoms with E-state index in [0.717, 1.165) is 17.7 Å². The van der Waals surface area contributed by atoms with Crippen LogP contribution in [-0.2, 0) is 24.3 Å². The number of alkyl halides is 6. The van der Waals surface area contributed by atoms with Crippen LogP contribution in [0.3, 0.4) is 0 Å². The van der Waals surface area contributed by atoms with E-state index in [0.29, 0.717) is 26.2 Å². The molecule has 1 aliphatic rings. The van der Waals surface area contributed by atoms with Crippen LogP contribution in [0.15, 0.2) is 66.7 Å². The monoisotopic (exact) mass is 520 g/mol. The largest absolute Gasteiger partial charge is 0.416 e. The van der Waals surface area contributed by atoms with Crippen molar-refractivity contribution in [1.29, 1.82) is 0 Å². The fourth-order valence-corrected chi connectivity index (χ4v) is 5.44. The fourth-order valence-electron chi connectivity index (χ4n) is 5.44. The van der Waals surface area contributed by atoms with E-state index >= 15 is 0 Å². The van der Waals surface area contributed by atoms with Gasteiger partial charge in [-0.1, -0.05) is 48.5 Å². The van der Waals surface area contributed by atoms with Gasteiger partial charge in [0.1, 0.15) is 0 Å². The molecule has 0 bridgehead atoms. The van der Waals surface area contributed by atoms with Crippen LogP contribution in [0.2, 0.25) is 0 Å². The average Bonchev–Trinajstić information content (AvgIpc) is 2.83. The van der Waals surface area contributed by atoms with Gasteiger partial charge in [-0.3, -0.25) is 4.90 Å². The lowest BCUT2D eigenvalue weighted by molar-refractivity contribution is -0.143. The van der Waals surface area contributed by atoms with Crippen LogP contribution < -0.4 is 4.90 Å². The number of hydrogen-bond acceptors (Lipinski definition) is 2. The van der Waals surface area contributed by atoms with Gasteiger partial charge in [0, 0.05) is 37.4 Å². The molecule has 8 heteroatoms. The van der Waals surface area contributed by atoms with Crippen LogP contribution in [0.5, 0.6) is 0 Å². The highest BCUT2D eigenvalue weighted by atomic mass is 19.4. The van der Waals surface area contributed by atoms with Crippen LogP contribution in [0.1, 0.15) is 40.3 Å². The lowest BCUT2D eigenvalue weighted by Crippen LogP contribution is -2.55. The zero-order chi connectivity index (χ0) is 27.0. The highest BCUT2D eigenvalue weighted by molar-refractivity contribution is 5.59. The number of piperazine rings is 1. The standard InChI is InChI=1S/C29H30F6N2/c1-20-8-7-9-21(2)26(20)36-12-14-37(15-13-36)27(3,23-10-5-4-6-11-23)19-22-16-24(28(30,31)32)18-25(17-22)29(33,34)35/h4-11,16-18H,12-15,19H2,1-3H3. The topological polar surface area (TPSA) is 6.48 Å². The summed E-state index contributed by atoms with van der Waals surface area (Å²) in [5, 5.41) is 0. The Kier molecular flexibility index (Phi) is 7.34. The van der Waals surface area contributed by atoms with Gasteiger partial charge < -0.3 is 4.90 Å². The minimum Gasteiger partial charge on any atom is -0.369 e. The molecule has 1 aliphatic heterocycles. The Bertz CT molecular complexity index is 1170. The summed E-state index contributed by atoms with van der Waals surface area (Å²) < 4.78 is 81.2. The van der Waals surface area contributed by atoms with Crippen molar-refractivity contribution in [2.24, 2.45) is 0 Å². The summed E-state index contributed by atoms with van der Waals surface area (Å²) in [7, 11) is 0. The van der Waals surface area contributed by atoms with E-state index in [4.69, 9.17) is 0 Å². The summed E-state index contributed by atoms with van der Waals surface area (Å²) in [5.41, 5.74) is 0.996. The van der Waals surface area contributed by atoms with Crippen molar-refractivity contribution in [3.8, 4) is 0 Å². The first kappa shape index (κ1) is 27.0. The second-order valence-electron chi connectivity index (χ2n) is 9.95. The van der Waals surface area contributed by atoms with Crippen LogP contribution in [0, 0.1) is 13.8 Å². The lowest BCUT2D eigenvalue weighted by Gasteiger charge is -2.47. The van der Waals surface area contributed by atoms with Gasteiger partial charge in [-0.2, -0.15) is 26.3 Å². The molecule has 37 heavy (non-hydrogen) atoms. The third kappa shape index (κ3) is 5.79. The summed E-state index contributed by atoms with van der Waals surface area (Å²) in [6.07, 6.45) is -9.75. The molecule has 1 fully saturated rings. The number of hydrogen-bond donors (Lipinski definition) is 0. The van der Waals surface area contributed by atoms with Crippen molar-refractivity contribution in [2.45, 2.75) is 45.1 Å². The molecule has 4 rings (SSSR count). The van der Waals surface area contributed by atoms with Crippen molar-refractivity contribution in [3.63, 3.8) is 0 Å². The highest BCUT2D eigenvalue weighted by Crippen LogP contribution is 2.40. The third-order valence-electron chi connectivity index (χ3n) is 7.32. The van der Waals surface area contributed by atoms with E-state index in [-0.39, 0.29) is 18.1 Å². The quantitative estimate of drug-likeness (QED) is 0.319. The molecular weight excluding hydrogens is 490 g/mol. The first-order valence-electron chi connectivity index (χ1n) is 12.2. The first-order valence-corrected chi connectivity index (χ1v) is 12.2. The van der Waals surface area contributed by atoms with Crippen molar-refractivity contribution in [2.75, 3.05) is 31.1 Å². The van der Waals surface area contributed by atoms with Gasteiger partial charge in [0.15, 0.2) is 0 Å². The zero-order valence-electron chi connectivity index (χ0n) is 21.0. The van der Waals surface area contributed by atoms with Gasteiger partial charge in [-0.25, -0.2) is 0 Å². The zero-order valence-corrected chi connectivity index (χ0v) is 21.0. The smallest absolute Gasteiger partial charge is 0.369 e. The van der Waals surface area contributed by atoms with Crippen molar-refractivity contribution in [1.82, 2.24) is 4.90 Å². The van der Waals surface area contributed by atoms with Gasteiger partial charge in [0.2, 0.25) is 0 Å². The molecule has 1 atom stereocenters. The van der Waals surface area contributed by atoms with E-state index in [1.54, 1.807) is 0 Å². The van der Waals surface area contributed by atoms with Gasteiger partial charge in [-0.15, -0.1) is 0 Å². The summed E-state index contributed by atoms with van der Waals surface area (Å²) >= 11 is 0. The minimum absolute atomic E-state index is 0.00526. The first-order chi connectivity index (χ1) is 17.3. The molecule has 0 radical (unpaired) electrons. The molecule has 0 amide bonds. The Hall–Kier alpha value is -3.00. The predicted molar refractivity (Wildman–Crippen MR) is 134 cm³/mol. The molecule has 1 saturated heterocycles. The van der Waals surface area contributed by atoms with Crippen LogP contribution in [-0.4, -0.2) is 31.1 Å². The molecule has 0 saturated carbocycles. The average molecular weight is 521 g/mol. The molecule has 1 unspecified atom stereocenters. The molecule has 0 spiro atoms. The summed E-state index contributed by atoms with van der Waals surface area (Å²) in [6, 6.07) is 17.3. The third-order valence-corrected chi connectivity index (χ3v) is 7.32. The van der Waals surface area contributed by atoms with Gasteiger partial charge >= 0.3 is 12.4 Å². The van der Waals surface area contributed by atoms with E-state index in [1.807, 2.05) is 43.3 Å². The molecule has 3 aromatic carbocycles. The van der Waals surface area contributed by atoms with Crippen molar-refractivity contribution >= 4 is 5.69 Å². The molecule has 0 aromatic heterocycles. The molecule has 0 aliphatic carbocycles. The minimum atomic E-state index is -4.88. The van der Waals surface area contributed by atoms with Gasteiger partial charge in [0.05, 0.1) is 11.1 Å². The Morgan fingerprint density at radius 3 is 1.65 bits per heavy atom. The summed E-state index contributed by atoms with van der Waals surface area (Å²) in [4.78, 5) is 4.48. The second-order valence-corrected chi connectivity index (χ2v) is 9.95.